The summed E-state index contributed by atoms with van der Waals surface area (Å²) in [5, 5.41) is 8.50. The average Bonchev–Trinajstić information content (AvgIpc) is 2.16. The highest BCUT2D eigenvalue weighted by molar-refractivity contribution is 5.79. The molecule has 0 aromatic carbocycles. The van der Waals surface area contributed by atoms with Gasteiger partial charge >= 0.3 is 5.97 Å². The molecule has 1 aliphatic rings. The molecule has 1 fully saturated rings. The second kappa shape index (κ2) is 5.48. The van der Waals surface area contributed by atoms with E-state index < -0.39 is 5.97 Å². The van der Waals surface area contributed by atoms with E-state index in [1.54, 1.807) is 6.08 Å². The van der Waals surface area contributed by atoms with Gasteiger partial charge in [0, 0.05) is 18.7 Å². The predicted molar refractivity (Wildman–Crippen MR) is 65.4 cm³/mol. The Morgan fingerprint density at radius 2 is 2.00 bits per heavy atom. The molecule has 1 rings (SSSR count). The van der Waals surface area contributed by atoms with E-state index in [1.807, 2.05) is 0 Å². The van der Waals surface area contributed by atoms with Gasteiger partial charge in [-0.15, -0.1) is 0 Å². The monoisotopic (exact) mass is 225 g/mol. The zero-order valence-electron chi connectivity index (χ0n) is 10.6. The molecule has 16 heavy (non-hydrogen) atoms. The maximum atomic E-state index is 10.3. The molecule has 0 radical (unpaired) electrons. The maximum Gasteiger partial charge on any atom is 0.328 e. The van der Waals surface area contributed by atoms with Gasteiger partial charge in [-0.25, -0.2) is 4.79 Å². The summed E-state index contributed by atoms with van der Waals surface area (Å²) in [6.07, 6.45) is 7.94. The largest absolute Gasteiger partial charge is 0.478 e. The predicted octanol–water partition coefficient (Wildman–Crippen LogP) is 2.53. The number of hydrogen-bond donors (Lipinski definition) is 1. The number of hydrogen-bond acceptors (Lipinski definition) is 2. The quantitative estimate of drug-likeness (QED) is 0.747. The van der Waals surface area contributed by atoms with E-state index in [1.165, 1.54) is 31.8 Å². The first-order valence-corrected chi connectivity index (χ1v) is 6.00. The Hall–Kier alpha value is -0.830. The highest BCUT2D eigenvalue weighted by Gasteiger charge is 2.28. The topological polar surface area (TPSA) is 40.5 Å². The third-order valence-electron chi connectivity index (χ3n) is 3.59. The standard InChI is InChI=1S/C13H23NO2/c1-13(2)8-6-11(7-9-13)14(3)10-4-5-12(15)16/h4-5,11H,6-10H2,1-3H3,(H,15,16). The molecule has 1 N–H and O–H groups in total. The molecular formula is C13H23NO2. The summed E-state index contributed by atoms with van der Waals surface area (Å²) in [4.78, 5) is 12.6. The summed E-state index contributed by atoms with van der Waals surface area (Å²) in [5.41, 5.74) is 0.494. The van der Waals surface area contributed by atoms with Gasteiger partial charge < -0.3 is 5.11 Å². The number of carboxylic acids is 1. The summed E-state index contributed by atoms with van der Waals surface area (Å²) in [6.45, 7) is 5.39. The third-order valence-corrected chi connectivity index (χ3v) is 3.59. The van der Waals surface area contributed by atoms with E-state index in [0.29, 0.717) is 11.5 Å². The summed E-state index contributed by atoms with van der Waals surface area (Å²) >= 11 is 0. The van der Waals surface area contributed by atoms with Crippen molar-refractivity contribution in [3.05, 3.63) is 12.2 Å². The molecule has 1 saturated carbocycles. The van der Waals surface area contributed by atoms with Crippen LogP contribution in [-0.4, -0.2) is 35.6 Å². The zero-order valence-corrected chi connectivity index (χ0v) is 10.6. The van der Waals surface area contributed by atoms with Crippen LogP contribution < -0.4 is 0 Å². The van der Waals surface area contributed by atoms with Crippen LogP contribution in [0.15, 0.2) is 12.2 Å². The Bertz CT molecular complexity index is 261. The highest BCUT2D eigenvalue weighted by Crippen LogP contribution is 2.36. The molecule has 0 unspecified atom stereocenters. The molecule has 0 aromatic heterocycles. The fourth-order valence-corrected chi connectivity index (χ4v) is 2.29. The van der Waals surface area contributed by atoms with Crippen LogP contribution in [0.3, 0.4) is 0 Å². The smallest absolute Gasteiger partial charge is 0.328 e. The number of likely N-dealkylation sites (N-methyl/N-ethyl adjacent to an activating group) is 1. The van der Waals surface area contributed by atoms with Crippen molar-refractivity contribution < 1.29 is 9.90 Å². The first-order chi connectivity index (χ1) is 7.41. The molecule has 0 amide bonds. The SMILES string of the molecule is CN(CC=CC(=O)O)C1CCC(C)(C)CC1. The van der Waals surface area contributed by atoms with Crippen molar-refractivity contribution in [2.45, 2.75) is 45.6 Å². The Morgan fingerprint density at radius 3 is 2.50 bits per heavy atom. The average molecular weight is 225 g/mol. The van der Waals surface area contributed by atoms with Crippen molar-refractivity contribution in [2.75, 3.05) is 13.6 Å². The highest BCUT2D eigenvalue weighted by atomic mass is 16.4. The van der Waals surface area contributed by atoms with Gasteiger partial charge in [-0.2, -0.15) is 0 Å². The molecule has 0 bridgehead atoms. The molecule has 3 nitrogen and oxygen atoms in total. The lowest BCUT2D eigenvalue weighted by atomic mass is 9.75. The van der Waals surface area contributed by atoms with Crippen LogP contribution in [0.4, 0.5) is 0 Å². The van der Waals surface area contributed by atoms with Gasteiger partial charge in [0.25, 0.3) is 0 Å². The second-order valence-electron chi connectivity index (χ2n) is 5.58. The molecular weight excluding hydrogens is 202 g/mol. The molecule has 0 aliphatic heterocycles. The van der Waals surface area contributed by atoms with Crippen LogP contribution in [0.1, 0.15) is 39.5 Å². The summed E-state index contributed by atoms with van der Waals surface area (Å²) in [5.74, 6) is -0.863. The van der Waals surface area contributed by atoms with Crippen molar-refractivity contribution in [3.63, 3.8) is 0 Å². The van der Waals surface area contributed by atoms with E-state index in [9.17, 15) is 4.79 Å². The number of rotatable bonds is 4. The zero-order chi connectivity index (χ0) is 12.2. The van der Waals surface area contributed by atoms with E-state index in [4.69, 9.17) is 5.11 Å². The Kier molecular flexibility index (Phi) is 4.54. The van der Waals surface area contributed by atoms with Crippen molar-refractivity contribution in [1.82, 2.24) is 4.90 Å². The van der Waals surface area contributed by atoms with Gasteiger partial charge in [0.1, 0.15) is 0 Å². The fraction of sp³-hybridized carbons (Fsp3) is 0.769. The van der Waals surface area contributed by atoms with Gasteiger partial charge in [-0.1, -0.05) is 19.9 Å². The molecule has 1 aliphatic carbocycles. The number of carboxylic acid groups (broad SMARTS) is 1. The van der Waals surface area contributed by atoms with Crippen LogP contribution in [0.25, 0.3) is 0 Å². The van der Waals surface area contributed by atoms with E-state index >= 15 is 0 Å². The van der Waals surface area contributed by atoms with Crippen LogP contribution in [0.5, 0.6) is 0 Å². The summed E-state index contributed by atoms with van der Waals surface area (Å²) < 4.78 is 0. The fourth-order valence-electron chi connectivity index (χ4n) is 2.29. The molecule has 0 aromatic rings. The lowest BCUT2D eigenvalue weighted by Crippen LogP contribution is -2.37. The van der Waals surface area contributed by atoms with Crippen molar-refractivity contribution in [2.24, 2.45) is 5.41 Å². The van der Waals surface area contributed by atoms with Gasteiger partial charge in [-0.3, -0.25) is 4.90 Å². The maximum absolute atomic E-state index is 10.3. The minimum absolute atomic E-state index is 0.494. The summed E-state index contributed by atoms with van der Waals surface area (Å²) in [7, 11) is 2.08. The molecule has 0 saturated heterocycles. The summed E-state index contributed by atoms with van der Waals surface area (Å²) in [6, 6.07) is 0.617. The lowest BCUT2D eigenvalue weighted by Gasteiger charge is -2.38. The van der Waals surface area contributed by atoms with Gasteiger partial charge in [-0.05, 0) is 38.1 Å². The molecule has 0 heterocycles. The first-order valence-electron chi connectivity index (χ1n) is 6.00. The Labute approximate surface area is 98.1 Å². The van der Waals surface area contributed by atoms with E-state index in [0.717, 1.165) is 6.54 Å². The van der Waals surface area contributed by atoms with Gasteiger partial charge in [0.05, 0.1) is 0 Å². The normalized spacial score (nSPS) is 21.8. The van der Waals surface area contributed by atoms with E-state index in [2.05, 4.69) is 25.8 Å². The first kappa shape index (κ1) is 13.2. The van der Waals surface area contributed by atoms with Crippen molar-refractivity contribution >= 4 is 5.97 Å². The number of carbonyl (C=O) groups is 1. The Morgan fingerprint density at radius 1 is 1.44 bits per heavy atom. The number of aliphatic carboxylic acids is 1. The Balaban J connectivity index is 2.33. The van der Waals surface area contributed by atoms with Crippen molar-refractivity contribution in [1.29, 1.82) is 0 Å². The second-order valence-corrected chi connectivity index (χ2v) is 5.58. The third kappa shape index (κ3) is 4.35. The van der Waals surface area contributed by atoms with E-state index in [-0.39, 0.29) is 0 Å². The molecule has 3 heteroatoms. The van der Waals surface area contributed by atoms with Crippen LogP contribution in [-0.2, 0) is 4.79 Å². The van der Waals surface area contributed by atoms with Crippen molar-refractivity contribution in [3.8, 4) is 0 Å². The minimum atomic E-state index is -0.863. The number of nitrogens with zero attached hydrogens (tertiary/aromatic N) is 1. The van der Waals surface area contributed by atoms with Crippen LogP contribution in [0, 0.1) is 5.41 Å². The molecule has 92 valence electrons. The van der Waals surface area contributed by atoms with Gasteiger partial charge in [0.2, 0.25) is 0 Å². The lowest BCUT2D eigenvalue weighted by molar-refractivity contribution is -0.131. The van der Waals surface area contributed by atoms with Crippen LogP contribution >= 0.6 is 0 Å². The molecule has 0 atom stereocenters. The molecule has 0 spiro atoms. The van der Waals surface area contributed by atoms with Gasteiger partial charge in [0.15, 0.2) is 0 Å². The minimum Gasteiger partial charge on any atom is -0.478 e. The van der Waals surface area contributed by atoms with Crippen LogP contribution in [0.2, 0.25) is 0 Å².